The number of amides is 2. The Bertz CT molecular complexity index is 1480. The van der Waals surface area contributed by atoms with Gasteiger partial charge >= 0.3 is 0 Å². The van der Waals surface area contributed by atoms with E-state index in [1.54, 1.807) is 24.3 Å². The largest absolute Gasteiger partial charge is 0.460 e. The lowest BCUT2D eigenvalue weighted by molar-refractivity contribution is -0.123. The van der Waals surface area contributed by atoms with E-state index in [9.17, 15) is 18.4 Å². The van der Waals surface area contributed by atoms with Crippen molar-refractivity contribution in [2.45, 2.75) is 25.4 Å². The third-order valence-corrected chi connectivity index (χ3v) is 7.30. The van der Waals surface area contributed by atoms with Gasteiger partial charge in [-0.1, -0.05) is 24.3 Å². The number of likely N-dealkylation sites (tertiary alicyclic amines) is 1. The van der Waals surface area contributed by atoms with E-state index < -0.39 is 11.6 Å². The zero-order valence-corrected chi connectivity index (χ0v) is 19.5. The summed E-state index contributed by atoms with van der Waals surface area (Å²) in [7, 11) is 0. The topological polar surface area (TPSA) is 76.5 Å². The highest BCUT2D eigenvalue weighted by Crippen LogP contribution is 2.49. The van der Waals surface area contributed by atoms with Crippen LogP contribution in [0.5, 0.6) is 0 Å². The number of primary amides is 1. The summed E-state index contributed by atoms with van der Waals surface area (Å²) in [5.41, 5.74) is 9.64. The van der Waals surface area contributed by atoms with Crippen LogP contribution in [-0.2, 0) is 11.2 Å². The second-order valence-corrected chi connectivity index (χ2v) is 9.87. The maximum absolute atomic E-state index is 13.6. The number of carbonyl (C=O) groups is 2. The molecule has 0 spiro atoms. The van der Waals surface area contributed by atoms with Crippen molar-refractivity contribution in [3.8, 4) is 22.3 Å². The zero-order valence-electron chi connectivity index (χ0n) is 19.5. The van der Waals surface area contributed by atoms with E-state index >= 15 is 0 Å². The molecule has 0 radical (unpaired) electrons. The quantitative estimate of drug-likeness (QED) is 0.391. The predicted octanol–water partition coefficient (Wildman–Crippen LogP) is 5.51. The van der Waals surface area contributed by atoms with Crippen molar-refractivity contribution < 1.29 is 22.8 Å². The third-order valence-electron chi connectivity index (χ3n) is 7.30. The van der Waals surface area contributed by atoms with Crippen molar-refractivity contribution >= 4 is 22.8 Å². The Labute approximate surface area is 206 Å². The summed E-state index contributed by atoms with van der Waals surface area (Å²) < 4.78 is 33.0. The van der Waals surface area contributed by atoms with Crippen LogP contribution >= 0.6 is 0 Å². The summed E-state index contributed by atoms with van der Waals surface area (Å²) in [5.74, 6) is -0.133. The zero-order chi connectivity index (χ0) is 25.0. The minimum atomic E-state index is -0.942. The van der Waals surface area contributed by atoms with Crippen LogP contribution in [0.1, 0.15) is 29.0 Å². The van der Waals surface area contributed by atoms with Crippen LogP contribution in [0, 0.1) is 11.2 Å². The number of benzene rings is 3. The highest BCUT2D eigenvalue weighted by molar-refractivity contribution is 5.98. The number of alkyl halides is 1. The van der Waals surface area contributed by atoms with E-state index in [1.807, 2.05) is 30.3 Å². The molecule has 1 saturated carbocycles. The van der Waals surface area contributed by atoms with Crippen molar-refractivity contribution in [1.82, 2.24) is 4.90 Å². The lowest BCUT2D eigenvalue weighted by atomic mass is 9.95. The molecule has 2 N–H and O–H groups in total. The highest BCUT2D eigenvalue weighted by atomic mass is 19.1. The van der Waals surface area contributed by atoms with Crippen LogP contribution in [0.15, 0.2) is 71.1 Å². The summed E-state index contributed by atoms with van der Waals surface area (Å²) in [6.45, 7) is 0.274. The van der Waals surface area contributed by atoms with Crippen molar-refractivity contribution in [3.05, 3.63) is 83.9 Å². The van der Waals surface area contributed by atoms with Gasteiger partial charge in [0.15, 0.2) is 0 Å². The van der Waals surface area contributed by atoms with Crippen molar-refractivity contribution in [3.63, 3.8) is 0 Å². The molecule has 7 heteroatoms. The molecule has 1 saturated heterocycles. The Morgan fingerprint density at radius 2 is 1.61 bits per heavy atom. The van der Waals surface area contributed by atoms with Crippen LogP contribution in [0.2, 0.25) is 0 Å². The van der Waals surface area contributed by atoms with Crippen LogP contribution in [-0.4, -0.2) is 36.0 Å². The Kier molecular flexibility index (Phi) is 5.18. The van der Waals surface area contributed by atoms with E-state index in [4.69, 9.17) is 10.2 Å². The molecule has 36 heavy (non-hydrogen) atoms. The minimum Gasteiger partial charge on any atom is -0.460 e. The van der Waals surface area contributed by atoms with E-state index in [2.05, 4.69) is 0 Å². The fraction of sp³-hybridized carbons (Fsp3) is 0.241. The first-order valence-electron chi connectivity index (χ1n) is 12.0. The SMILES string of the molecule is NC(=O)C1(Cc2cc3cc(-c4ccc(C(=O)N5CC(F)C5)cc4)cc(-c4ccc(F)cc4)c3o2)CC1. The first-order chi connectivity index (χ1) is 17.3. The molecule has 1 aromatic heterocycles. The van der Waals surface area contributed by atoms with Gasteiger partial charge in [-0.2, -0.15) is 0 Å². The summed E-state index contributed by atoms with van der Waals surface area (Å²) in [4.78, 5) is 25.9. The molecular formula is C29H24F2N2O3. The van der Waals surface area contributed by atoms with Crippen LogP contribution in [0.3, 0.4) is 0 Å². The predicted molar refractivity (Wildman–Crippen MR) is 132 cm³/mol. The minimum absolute atomic E-state index is 0.137. The fourth-order valence-electron chi connectivity index (χ4n) is 4.88. The average molecular weight is 487 g/mol. The lowest BCUT2D eigenvalue weighted by Gasteiger charge is -2.34. The molecule has 0 bridgehead atoms. The molecule has 1 aliphatic carbocycles. The molecule has 182 valence electrons. The maximum Gasteiger partial charge on any atom is 0.254 e. The number of furan rings is 1. The van der Waals surface area contributed by atoms with Crippen LogP contribution < -0.4 is 5.73 Å². The molecule has 2 heterocycles. The summed E-state index contributed by atoms with van der Waals surface area (Å²) in [6.07, 6.45) is 1.01. The third kappa shape index (κ3) is 3.94. The first kappa shape index (κ1) is 22.5. The molecule has 2 aliphatic rings. The van der Waals surface area contributed by atoms with Gasteiger partial charge < -0.3 is 15.1 Å². The van der Waals surface area contributed by atoms with Gasteiger partial charge in [0.05, 0.1) is 18.5 Å². The van der Waals surface area contributed by atoms with Crippen molar-refractivity contribution in [2.24, 2.45) is 11.1 Å². The van der Waals surface area contributed by atoms with E-state index in [1.165, 1.54) is 17.0 Å². The number of nitrogens with two attached hydrogens (primary N) is 1. The number of halogens is 2. The Hall–Kier alpha value is -4.00. The Morgan fingerprint density at radius 1 is 0.944 bits per heavy atom. The summed E-state index contributed by atoms with van der Waals surface area (Å²) >= 11 is 0. The molecule has 0 atom stereocenters. The standard InChI is InChI=1S/C29H24F2N2O3/c30-22-7-5-18(6-8-22)25-13-20(17-1-3-19(4-2-17)27(34)33-15-23(31)16-33)11-21-12-24(36-26(21)25)14-29(9-10-29)28(32)35/h1-8,11-13,23H,9-10,14-16H2,(H2,32,35). The fourth-order valence-corrected chi connectivity index (χ4v) is 4.88. The van der Waals surface area contributed by atoms with Crippen molar-refractivity contribution in [1.29, 1.82) is 0 Å². The summed E-state index contributed by atoms with van der Waals surface area (Å²) in [6, 6.07) is 19.3. The number of hydrogen-bond acceptors (Lipinski definition) is 3. The highest BCUT2D eigenvalue weighted by Gasteiger charge is 2.49. The second kappa shape index (κ2) is 8.29. The van der Waals surface area contributed by atoms with Gasteiger partial charge in [0.25, 0.3) is 5.91 Å². The molecule has 0 unspecified atom stereocenters. The molecule has 5 nitrogen and oxygen atoms in total. The van der Waals surface area contributed by atoms with E-state index in [0.717, 1.165) is 40.5 Å². The Balaban J connectivity index is 1.39. The molecule has 3 aromatic carbocycles. The smallest absolute Gasteiger partial charge is 0.254 e. The number of carbonyl (C=O) groups excluding carboxylic acids is 2. The monoisotopic (exact) mass is 486 g/mol. The van der Waals surface area contributed by atoms with Crippen LogP contribution in [0.4, 0.5) is 8.78 Å². The molecule has 2 fully saturated rings. The van der Waals surface area contributed by atoms with Gasteiger partial charge in [0, 0.05) is 22.9 Å². The van der Waals surface area contributed by atoms with Gasteiger partial charge in [-0.3, -0.25) is 9.59 Å². The molecule has 2 amide bonds. The number of hydrogen-bond donors (Lipinski definition) is 1. The van der Waals surface area contributed by atoms with Crippen LogP contribution in [0.25, 0.3) is 33.2 Å². The number of nitrogens with zero attached hydrogens (tertiary/aromatic N) is 1. The van der Waals surface area contributed by atoms with E-state index in [-0.39, 0.29) is 30.7 Å². The van der Waals surface area contributed by atoms with E-state index in [0.29, 0.717) is 23.3 Å². The summed E-state index contributed by atoms with van der Waals surface area (Å²) in [5, 5.41) is 0.858. The first-order valence-corrected chi connectivity index (χ1v) is 12.0. The Morgan fingerprint density at radius 3 is 2.22 bits per heavy atom. The normalized spacial score (nSPS) is 16.7. The van der Waals surface area contributed by atoms with Gasteiger partial charge in [-0.05, 0) is 72.0 Å². The molecule has 1 aliphatic heterocycles. The number of rotatable bonds is 6. The maximum atomic E-state index is 13.6. The molecule has 4 aromatic rings. The second-order valence-electron chi connectivity index (χ2n) is 9.87. The van der Waals surface area contributed by atoms with Gasteiger partial charge in [0.1, 0.15) is 23.3 Å². The molecular weight excluding hydrogens is 462 g/mol. The van der Waals surface area contributed by atoms with Gasteiger partial charge in [-0.25, -0.2) is 8.78 Å². The van der Waals surface area contributed by atoms with Gasteiger partial charge in [0.2, 0.25) is 5.91 Å². The van der Waals surface area contributed by atoms with Crippen molar-refractivity contribution in [2.75, 3.05) is 13.1 Å². The lowest BCUT2D eigenvalue weighted by Crippen LogP contribution is -2.51. The number of fused-ring (bicyclic) bond motifs is 1. The molecule has 6 rings (SSSR count). The van der Waals surface area contributed by atoms with Gasteiger partial charge in [-0.15, -0.1) is 0 Å². The average Bonchev–Trinajstić information content (AvgIpc) is 3.53.